The Morgan fingerprint density at radius 2 is 0.992 bits per heavy atom. The minimum Gasteiger partial charge on any atom is -0.497 e. The molecule has 118 heavy (non-hydrogen) atoms. The lowest BCUT2D eigenvalue weighted by Gasteiger charge is -2.45. The van der Waals surface area contributed by atoms with Gasteiger partial charge in [-0.2, -0.15) is 9.15 Å². The molecular weight excluding hydrogens is 1480 g/mol. The summed E-state index contributed by atoms with van der Waals surface area (Å²) in [5.74, 6) is 5.95. The molecule has 12 aromatic rings. The summed E-state index contributed by atoms with van der Waals surface area (Å²) in [5, 5.41) is 7.02. The molecule has 4 unspecified atom stereocenters. The Kier molecular flexibility index (Phi) is 25.6. The Morgan fingerprint density at radius 1 is 0.475 bits per heavy atom. The molecule has 12 aromatic carbocycles. The van der Waals surface area contributed by atoms with Crippen LogP contribution in [0.5, 0.6) is 34.5 Å². The van der Waals surface area contributed by atoms with Crippen LogP contribution in [0.25, 0.3) is 15.6 Å². The average Bonchev–Trinajstić information content (AvgIpc) is 0.736. The summed E-state index contributed by atoms with van der Waals surface area (Å²) in [7, 11) is 6.22. The van der Waals surface area contributed by atoms with Crippen molar-refractivity contribution in [3.63, 3.8) is 0 Å². The van der Waals surface area contributed by atoms with E-state index in [9.17, 15) is 0 Å². The number of hydrogen-bond acceptors (Lipinski definition) is 8. The van der Waals surface area contributed by atoms with E-state index >= 15 is 0 Å². The molecule has 0 spiro atoms. The molecule has 0 saturated heterocycles. The van der Waals surface area contributed by atoms with Gasteiger partial charge in [0, 0.05) is 63.8 Å². The van der Waals surface area contributed by atoms with Gasteiger partial charge >= 0.3 is 6.73 Å². The van der Waals surface area contributed by atoms with E-state index in [-0.39, 0.29) is 16.9 Å². The van der Waals surface area contributed by atoms with Crippen LogP contribution in [0.2, 0.25) is 0 Å². The van der Waals surface area contributed by atoms with Crippen molar-refractivity contribution in [1.82, 2.24) is 8.97 Å². The van der Waals surface area contributed by atoms with Crippen LogP contribution in [-0.4, -0.2) is 80.1 Å². The van der Waals surface area contributed by atoms with Gasteiger partial charge in [-0.25, -0.2) is 4.85 Å². The number of ether oxygens (including phenoxy) is 6. The molecule has 1 saturated carbocycles. The number of azo groups is 2. The molecule has 13 nitrogen and oxygen atoms in total. The highest BCUT2D eigenvalue weighted by Crippen LogP contribution is 2.51. The SMILES string of the molecule is CC1c2cc(C(C)(C)c3ccccc3)cc(C(C)(C)c3ccccc3)c2OC[N+]1(C)c1ccccc1.CC1c2ccc3ccccc3c2OC[N+]1(C)c1ccccc1.COc1cc(C)c2c(c1)C[N+](=Nc1ccccc1)CO2.Cc1cc(Sc2ccccc2)cc2c1OC[N+](=C1CCCCC1)C2.[C-]#[N+]c1cc(C)c2c(c1)C[N+](=C(C)C)CO2. The van der Waals surface area contributed by atoms with Gasteiger partial charge < -0.3 is 28.4 Å². The number of benzene rings is 12. The second kappa shape index (κ2) is 36.5. The number of rotatable bonds is 10. The van der Waals surface area contributed by atoms with Crippen LogP contribution < -0.4 is 37.4 Å². The number of para-hydroxylation sites is 2. The highest BCUT2D eigenvalue weighted by atomic mass is 32.2. The first-order valence-corrected chi connectivity index (χ1v) is 42.3. The summed E-state index contributed by atoms with van der Waals surface area (Å²) < 4.78 is 44.0. The topological polar surface area (TPSA) is 81.1 Å². The Balaban J connectivity index is 0.000000125. The predicted octanol–water partition coefficient (Wildman–Crippen LogP) is 25.2. The lowest BCUT2D eigenvalue weighted by Crippen LogP contribution is -2.52. The Labute approximate surface area is 703 Å². The van der Waals surface area contributed by atoms with Crippen molar-refractivity contribution >= 4 is 56.7 Å². The summed E-state index contributed by atoms with van der Waals surface area (Å²) >= 11 is 1.83. The Bertz CT molecular complexity index is 5680. The molecule has 0 amide bonds. The van der Waals surface area contributed by atoms with Gasteiger partial charge in [0.25, 0.3) is 13.5 Å². The molecule has 0 N–H and O–H groups in total. The zero-order chi connectivity index (χ0) is 82.7. The van der Waals surface area contributed by atoms with E-state index < -0.39 is 0 Å². The maximum Gasteiger partial charge on any atom is 0.311 e. The quantitative estimate of drug-likeness (QED) is 0.0766. The minimum absolute atomic E-state index is 0.148. The van der Waals surface area contributed by atoms with E-state index in [1.165, 1.54) is 114 Å². The molecular formula is C104H114N7O6S+5. The molecule has 4 atom stereocenters. The highest BCUT2D eigenvalue weighted by Gasteiger charge is 2.45. The standard InChI is InChI=1S/C34H38NO.C21H24NOS.C20H20NO.C16H17N2O2.C13H15N2O/c1-25-30-22-28(33(2,3)26-16-10-7-11-17-26)23-31(34(4,5)27-18-12-8-13-19-27)32(30)36-24-35(25,6)29-20-14-9-15-21-29;1-16-12-20(24-19-10-6-3-7-11-19)13-17-14-22(15-23-21(16)17)18-8-4-2-5-9-18;1-15-18-13-12-16-8-6-7-11-19(16)20(18)22-14-21(15,2)17-9-4-3-5-10-17;1-12-8-15(19-2)9-13-10-18(11-20-16(12)13)17-14-6-4-3-5-7-14;1-9(2)15-7-11-6-12(14-4)5-10(3)13(11)16-8-15/h7-23,25H,24H2,1-6H3;3,6-7,10-13H,2,4-5,8-9,14-15H2,1H3;3-13,15H,14H2,1-2H3;3-9H,10-11H2,1-2H3;5-6H,7-8H2,1-3H3/q5*+1. The molecule has 14 heteroatoms. The summed E-state index contributed by atoms with van der Waals surface area (Å²) in [6.07, 6.45) is 6.54. The van der Waals surface area contributed by atoms with Gasteiger partial charge in [0.05, 0.1) is 50.0 Å². The maximum absolute atomic E-state index is 7.06. The predicted molar refractivity (Wildman–Crippen MR) is 482 cm³/mol. The molecule has 5 heterocycles. The second-order valence-corrected chi connectivity index (χ2v) is 34.7. The molecule has 5 aliphatic heterocycles. The van der Waals surface area contributed by atoms with Crippen LogP contribution in [0, 0.1) is 27.3 Å². The molecule has 602 valence electrons. The fraction of sp³-hybridized carbons (Fsp3) is 0.298. The molecule has 0 aromatic heterocycles. The highest BCUT2D eigenvalue weighted by molar-refractivity contribution is 7.99. The first-order valence-electron chi connectivity index (χ1n) is 41.5. The van der Waals surface area contributed by atoms with Crippen LogP contribution >= 0.6 is 11.8 Å². The maximum atomic E-state index is 7.06. The van der Waals surface area contributed by atoms with E-state index in [0.29, 0.717) is 49.9 Å². The van der Waals surface area contributed by atoms with Crippen molar-refractivity contribution in [2.75, 3.05) is 54.9 Å². The van der Waals surface area contributed by atoms with Crippen LogP contribution in [0.3, 0.4) is 0 Å². The first-order chi connectivity index (χ1) is 57.0. The van der Waals surface area contributed by atoms with Gasteiger partial charge in [-0.3, -0.25) is 8.97 Å². The van der Waals surface area contributed by atoms with E-state index in [1.807, 2.05) is 84.9 Å². The minimum atomic E-state index is -0.207. The second-order valence-electron chi connectivity index (χ2n) is 33.6. The van der Waals surface area contributed by atoms with Crippen LogP contribution in [0.4, 0.5) is 22.7 Å². The van der Waals surface area contributed by atoms with Crippen molar-refractivity contribution in [2.45, 2.75) is 161 Å². The largest absolute Gasteiger partial charge is 0.497 e. The number of quaternary nitrogens is 2. The van der Waals surface area contributed by atoms with E-state index in [1.54, 1.807) is 12.8 Å². The third kappa shape index (κ3) is 18.2. The van der Waals surface area contributed by atoms with Gasteiger partial charge in [-0.15, -0.1) is 0 Å². The van der Waals surface area contributed by atoms with Crippen molar-refractivity contribution in [3.8, 4) is 34.5 Å². The summed E-state index contributed by atoms with van der Waals surface area (Å²) in [5.41, 5.74) is 21.4. The first kappa shape index (κ1) is 82.9. The van der Waals surface area contributed by atoms with Gasteiger partial charge in [0.1, 0.15) is 69.4 Å². The van der Waals surface area contributed by atoms with Gasteiger partial charge in [-0.1, -0.05) is 220 Å². The molecule has 0 bridgehead atoms. The fourth-order valence-electron chi connectivity index (χ4n) is 17.0. The molecule has 1 aliphatic carbocycles. The van der Waals surface area contributed by atoms with Gasteiger partial charge in [0.2, 0.25) is 20.0 Å². The third-order valence-electron chi connectivity index (χ3n) is 24.7. The van der Waals surface area contributed by atoms with Gasteiger partial charge in [-0.05, 0) is 188 Å². The van der Waals surface area contributed by atoms with Gasteiger partial charge in [0.15, 0.2) is 24.5 Å². The van der Waals surface area contributed by atoms with E-state index in [0.717, 1.165) is 86.6 Å². The van der Waals surface area contributed by atoms with Crippen molar-refractivity contribution in [3.05, 3.63) is 345 Å². The lowest BCUT2D eigenvalue weighted by molar-refractivity contribution is -0.636. The summed E-state index contributed by atoms with van der Waals surface area (Å²) in [4.78, 5) is 6.07. The molecule has 6 aliphatic rings. The zero-order valence-corrected chi connectivity index (χ0v) is 72.1. The number of hydrogen-bond donors (Lipinski definition) is 0. The summed E-state index contributed by atoms with van der Waals surface area (Å²) in [6.45, 7) is 37.0. The molecule has 18 rings (SSSR count). The Hall–Kier alpha value is -11.6. The summed E-state index contributed by atoms with van der Waals surface area (Å²) in [6, 6.07) is 94.2. The lowest BCUT2D eigenvalue weighted by atomic mass is 9.71. The number of aryl methyl sites for hydroxylation is 3. The zero-order valence-electron chi connectivity index (χ0n) is 71.2. The third-order valence-corrected chi connectivity index (χ3v) is 25.7. The van der Waals surface area contributed by atoms with Crippen LogP contribution in [0.1, 0.15) is 166 Å². The molecule has 1 fully saturated rings. The van der Waals surface area contributed by atoms with Crippen molar-refractivity contribution in [2.24, 2.45) is 5.11 Å². The number of nitrogens with zero attached hydrogens (tertiary/aromatic N) is 7. The van der Waals surface area contributed by atoms with Crippen LogP contribution in [0.15, 0.2) is 282 Å². The smallest absolute Gasteiger partial charge is 0.311 e. The fourth-order valence-corrected chi connectivity index (χ4v) is 18.0. The van der Waals surface area contributed by atoms with E-state index in [2.05, 4.69) is 308 Å². The van der Waals surface area contributed by atoms with Crippen molar-refractivity contribution < 1.29 is 42.3 Å². The Morgan fingerprint density at radius 3 is 1.60 bits per heavy atom. The van der Waals surface area contributed by atoms with Crippen molar-refractivity contribution in [1.29, 1.82) is 0 Å². The van der Waals surface area contributed by atoms with E-state index in [4.69, 9.17) is 35.0 Å². The number of fused-ring (bicyclic) bond motifs is 7. The average molecular weight is 1590 g/mol. The van der Waals surface area contributed by atoms with Crippen LogP contribution in [-0.2, 0) is 30.5 Å². The number of methoxy groups -OCH3 is 1. The molecule has 0 radical (unpaired) electrons. The normalized spacial score (nSPS) is 18.6. The monoisotopic (exact) mass is 1590 g/mol.